The molecule has 0 fully saturated rings. The van der Waals surface area contributed by atoms with Crippen LogP contribution in [0.5, 0.6) is 0 Å². The standard InChI is InChI=1S/C5HF11O3S.Rb/c6-1(7,2(8,9)4(12,13)14)3(10,11)5(15,16)20(17,18)19;/h(H,17,18,19);/q;+1/p-1. The van der Waals surface area contributed by atoms with Crippen LogP contribution in [0.2, 0.25) is 0 Å². The zero-order valence-electron chi connectivity index (χ0n) is 9.29. The van der Waals surface area contributed by atoms with Gasteiger partial charge in [-0.05, 0) is 0 Å². The largest absolute Gasteiger partial charge is 1.00 e. The van der Waals surface area contributed by atoms with Crippen molar-refractivity contribution in [3.05, 3.63) is 0 Å². The second-order valence-electron chi connectivity index (χ2n) is 3.19. The van der Waals surface area contributed by atoms with Gasteiger partial charge in [-0.15, -0.1) is 0 Å². The summed E-state index contributed by atoms with van der Waals surface area (Å²) in [4.78, 5) is 0. The van der Waals surface area contributed by atoms with Crippen LogP contribution in [0.25, 0.3) is 0 Å². The Morgan fingerprint density at radius 2 is 0.905 bits per heavy atom. The van der Waals surface area contributed by atoms with E-state index in [9.17, 15) is 61.3 Å². The topological polar surface area (TPSA) is 57.2 Å². The van der Waals surface area contributed by atoms with E-state index in [0.717, 1.165) is 0 Å². The molecule has 0 unspecified atom stereocenters. The van der Waals surface area contributed by atoms with Crippen LogP contribution in [0, 0.1) is 0 Å². The van der Waals surface area contributed by atoms with E-state index in [-0.39, 0.29) is 58.2 Å². The van der Waals surface area contributed by atoms with Crippen LogP contribution < -0.4 is 58.2 Å². The number of halogens is 11. The van der Waals surface area contributed by atoms with E-state index in [1.165, 1.54) is 0 Å². The fraction of sp³-hybridized carbons (Fsp3) is 1.00. The van der Waals surface area contributed by atoms with Gasteiger partial charge in [-0.25, -0.2) is 8.42 Å². The molecule has 0 aromatic heterocycles. The quantitative estimate of drug-likeness (QED) is 0.447. The van der Waals surface area contributed by atoms with E-state index in [2.05, 4.69) is 0 Å². The van der Waals surface area contributed by atoms with Gasteiger partial charge in [0.05, 0.1) is 0 Å². The summed E-state index contributed by atoms with van der Waals surface area (Å²) >= 11 is 0. The zero-order chi connectivity index (χ0) is 17.0. The average Bonchev–Trinajstić information content (AvgIpc) is 2.12. The number of alkyl halides is 11. The molecule has 0 aromatic rings. The van der Waals surface area contributed by atoms with E-state index < -0.39 is 39.3 Å². The molecule has 0 aromatic carbocycles. The Labute approximate surface area is 157 Å². The SMILES string of the molecule is O=S(=O)([O-])C(F)(F)C(F)(F)C(F)(F)C(F)(F)C(F)(F)F.[Rb+]. The maximum absolute atomic E-state index is 12.4. The minimum absolute atomic E-state index is 0. The number of hydrogen-bond acceptors (Lipinski definition) is 3. The van der Waals surface area contributed by atoms with E-state index in [0.29, 0.717) is 0 Å². The summed E-state index contributed by atoms with van der Waals surface area (Å²) in [7, 11) is -7.66. The molecule has 0 bridgehead atoms. The zero-order valence-corrected chi connectivity index (χ0v) is 15.0. The van der Waals surface area contributed by atoms with Gasteiger partial charge in [-0.3, -0.25) is 0 Å². The van der Waals surface area contributed by atoms with Crippen LogP contribution in [-0.2, 0) is 10.1 Å². The molecular weight excluding hydrogens is 435 g/mol. The van der Waals surface area contributed by atoms with Gasteiger partial charge >= 0.3 is 87.4 Å². The smallest absolute Gasteiger partial charge is 0.743 e. The minimum atomic E-state index is -7.90. The van der Waals surface area contributed by atoms with Crippen molar-refractivity contribution in [1.29, 1.82) is 0 Å². The fourth-order valence-corrected chi connectivity index (χ4v) is 1.16. The minimum Gasteiger partial charge on any atom is -0.743 e. The van der Waals surface area contributed by atoms with Crippen LogP contribution in [0.15, 0.2) is 0 Å². The number of hydrogen-bond donors (Lipinski definition) is 0. The molecule has 0 heterocycles. The van der Waals surface area contributed by atoms with Gasteiger partial charge in [0.25, 0.3) is 0 Å². The van der Waals surface area contributed by atoms with Gasteiger partial charge < -0.3 is 4.55 Å². The van der Waals surface area contributed by atoms with E-state index in [1.807, 2.05) is 0 Å². The molecule has 0 amide bonds. The molecule has 0 aliphatic carbocycles. The molecule has 0 aliphatic rings. The molecule has 122 valence electrons. The molecule has 0 N–H and O–H groups in total. The summed E-state index contributed by atoms with van der Waals surface area (Å²) in [5.74, 6) is -23.4. The Morgan fingerprint density at radius 3 is 1.10 bits per heavy atom. The molecule has 0 rings (SSSR count). The van der Waals surface area contributed by atoms with E-state index in [4.69, 9.17) is 0 Å². The third-order valence-electron chi connectivity index (χ3n) is 1.82. The molecule has 0 atom stereocenters. The van der Waals surface area contributed by atoms with E-state index in [1.54, 1.807) is 0 Å². The maximum atomic E-state index is 12.4. The second kappa shape index (κ2) is 6.10. The first-order valence-corrected chi connectivity index (χ1v) is 5.19. The molecule has 0 spiro atoms. The Kier molecular flexibility index (Phi) is 7.03. The fourth-order valence-electron chi connectivity index (χ4n) is 0.715. The summed E-state index contributed by atoms with van der Waals surface area (Å²) in [5.41, 5.74) is 0. The third-order valence-corrected chi connectivity index (χ3v) is 2.71. The summed E-state index contributed by atoms with van der Waals surface area (Å²) < 4.78 is 162. The molecule has 0 aliphatic heterocycles. The van der Waals surface area contributed by atoms with Gasteiger partial charge in [0.1, 0.15) is 0 Å². The predicted octanol–water partition coefficient (Wildman–Crippen LogP) is -0.403. The van der Waals surface area contributed by atoms with Crippen molar-refractivity contribution in [3.8, 4) is 0 Å². The van der Waals surface area contributed by atoms with Crippen molar-refractivity contribution >= 4 is 10.1 Å². The van der Waals surface area contributed by atoms with Crippen molar-refractivity contribution in [2.75, 3.05) is 0 Å². The molecule has 3 nitrogen and oxygen atoms in total. The molecule has 16 heteroatoms. The Balaban J connectivity index is 0. The molecule has 0 radical (unpaired) electrons. The van der Waals surface area contributed by atoms with Crippen LogP contribution in [0.4, 0.5) is 48.3 Å². The van der Waals surface area contributed by atoms with Crippen molar-refractivity contribution in [3.63, 3.8) is 0 Å². The Bertz CT molecular complexity index is 481. The molecule has 0 saturated heterocycles. The maximum Gasteiger partial charge on any atom is 1.00 e. The van der Waals surface area contributed by atoms with Crippen LogP contribution >= 0.6 is 0 Å². The average molecular weight is 435 g/mol. The van der Waals surface area contributed by atoms with Crippen molar-refractivity contribution < 1.29 is 119 Å². The van der Waals surface area contributed by atoms with Gasteiger partial charge in [-0.2, -0.15) is 48.3 Å². The predicted molar refractivity (Wildman–Crippen MR) is 35.5 cm³/mol. The van der Waals surface area contributed by atoms with Gasteiger partial charge in [0.15, 0.2) is 10.1 Å². The summed E-state index contributed by atoms with van der Waals surface area (Å²) in [6, 6.07) is 0. The molecule has 0 saturated carbocycles. The third kappa shape index (κ3) is 3.56. The molecular formula is C5F11O3RbS. The van der Waals surface area contributed by atoms with Crippen molar-refractivity contribution in [2.24, 2.45) is 0 Å². The molecule has 21 heavy (non-hydrogen) atoms. The van der Waals surface area contributed by atoms with Crippen molar-refractivity contribution in [1.82, 2.24) is 0 Å². The van der Waals surface area contributed by atoms with Crippen LogP contribution in [0.1, 0.15) is 0 Å². The Morgan fingerprint density at radius 1 is 0.619 bits per heavy atom. The van der Waals surface area contributed by atoms with Crippen LogP contribution in [0.3, 0.4) is 0 Å². The monoisotopic (exact) mass is 434 g/mol. The van der Waals surface area contributed by atoms with Crippen molar-refractivity contribution in [2.45, 2.75) is 29.2 Å². The van der Waals surface area contributed by atoms with E-state index >= 15 is 0 Å². The first-order chi connectivity index (χ1) is 8.25. The first kappa shape index (κ1) is 24.2. The summed E-state index contributed by atoms with van der Waals surface area (Å²) in [5, 5.41) is -7.40. The van der Waals surface area contributed by atoms with Gasteiger partial charge in [0, 0.05) is 0 Å². The van der Waals surface area contributed by atoms with Gasteiger partial charge in [-0.1, -0.05) is 0 Å². The van der Waals surface area contributed by atoms with Gasteiger partial charge in [0.2, 0.25) is 0 Å². The number of rotatable bonds is 4. The second-order valence-corrected chi connectivity index (χ2v) is 4.61. The first-order valence-electron chi connectivity index (χ1n) is 3.78. The Hall–Kier alpha value is 0.945. The summed E-state index contributed by atoms with van der Waals surface area (Å²) in [6.07, 6.45) is -7.41. The summed E-state index contributed by atoms with van der Waals surface area (Å²) in [6.45, 7) is 0. The van der Waals surface area contributed by atoms with Crippen LogP contribution in [-0.4, -0.2) is 42.2 Å². The normalized spacial score (nSPS) is 15.6.